The van der Waals surface area contributed by atoms with Gasteiger partial charge >= 0.3 is 0 Å². The van der Waals surface area contributed by atoms with Crippen molar-refractivity contribution < 1.29 is 14.6 Å². The van der Waals surface area contributed by atoms with Crippen LogP contribution >= 0.6 is 0 Å². The lowest BCUT2D eigenvalue weighted by Crippen LogP contribution is -2.45. The normalized spacial score (nSPS) is 24.4. The molecule has 2 aliphatic rings. The summed E-state index contributed by atoms with van der Waals surface area (Å²) in [6, 6.07) is 0. The van der Waals surface area contributed by atoms with Crippen molar-refractivity contribution >= 4 is 5.78 Å². The highest BCUT2D eigenvalue weighted by Gasteiger charge is 2.32. The molecule has 0 spiro atoms. The van der Waals surface area contributed by atoms with Crippen LogP contribution in [-0.2, 0) is 9.53 Å². The van der Waals surface area contributed by atoms with Gasteiger partial charge in [0.15, 0.2) is 5.78 Å². The Morgan fingerprint density at radius 3 is 2.69 bits per heavy atom. The van der Waals surface area contributed by atoms with E-state index < -0.39 is 5.60 Å². The highest BCUT2D eigenvalue weighted by atomic mass is 16.5. The van der Waals surface area contributed by atoms with Crippen molar-refractivity contribution in [2.24, 2.45) is 0 Å². The van der Waals surface area contributed by atoms with Gasteiger partial charge in [-0.3, -0.25) is 4.79 Å². The number of carbonyl (C=O) groups is 1. The van der Waals surface area contributed by atoms with E-state index >= 15 is 0 Å². The lowest BCUT2D eigenvalue weighted by atomic mass is 9.94. The van der Waals surface area contributed by atoms with Gasteiger partial charge in [0, 0.05) is 57.8 Å². The van der Waals surface area contributed by atoms with Crippen molar-refractivity contribution in [2.75, 3.05) is 26.8 Å². The maximum Gasteiger partial charge on any atom is 0.157 e. The average molecular weight is 225 g/mol. The van der Waals surface area contributed by atoms with Gasteiger partial charge in [0.2, 0.25) is 0 Å². The third-order valence-corrected chi connectivity index (χ3v) is 3.40. The Balaban J connectivity index is 1.93. The first-order valence-corrected chi connectivity index (χ1v) is 5.84. The van der Waals surface area contributed by atoms with E-state index in [9.17, 15) is 9.90 Å². The molecule has 0 bridgehead atoms. The predicted molar refractivity (Wildman–Crippen MR) is 60.0 cm³/mol. The Bertz CT molecular complexity index is 305. The molecular formula is C12H19NO3. The first kappa shape index (κ1) is 11.6. The standard InChI is InChI=1S/C12H19NO3/c1-13(10-2-3-11(14)8-10)9-12(15)4-6-16-7-5-12/h8,15H,2-7,9H2,1H3. The molecule has 1 aliphatic carbocycles. The van der Waals surface area contributed by atoms with Crippen LogP contribution in [-0.4, -0.2) is 48.2 Å². The molecule has 1 heterocycles. The molecule has 4 heteroatoms. The summed E-state index contributed by atoms with van der Waals surface area (Å²) >= 11 is 0. The highest BCUT2D eigenvalue weighted by Crippen LogP contribution is 2.25. The van der Waals surface area contributed by atoms with Crippen LogP contribution < -0.4 is 0 Å². The minimum atomic E-state index is -0.653. The van der Waals surface area contributed by atoms with Crippen molar-refractivity contribution in [2.45, 2.75) is 31.3 Å². The number of hydrogen-bond acceptors (Lipinski definition) is 4. The van der Waals surface area contributed by atoms with Gasteiger partial charge in [-0.15, -0.1) is 0 Å². The van der Waals surface area contributed by atoms with E-state index in [0.29, 0.717) is 39.0 Å². The Hall–Kier alpha value is -0.870. The summed E-state index contributed by atoms with van der Waals surface area (Å²) in [5.74, 6) is 0.195. The first-order chi connectivity index (χ1) is 7.59. The zero-order valence-corrected chi connectivity index (χ0v) is 9.74. The van der Waals surface area contributed by atoms with Gasteiger partial charge in [0.25, 0.3) is 0 Å². The minimum absolute atomic E-state index is 0.195. The molecule has 0 atom stereocenters. The SMILES string of the molecule is CN(CC1(O)CCOCC1)C1=CC(=O)CC1. The largest absolute Gasteiger partial charge is 0.388 e. The van der Waals surface area contributed by atoms with Gasteiger partial charge in [-0.1, -0.05) is 0 Å². The number of carbonyl (C=O) groups excluding carboxylic acids is 1. The fraction of sp³-hybridized carbons (Fsp3) is 0.750. The molecule has 0 aromatic heterocycles. The van der Waals surface area contributed by atoms with E-state index in [1.807, 2.05) is 11.9 Å². The first-order valence-electron chi connectivity index (χ1n) is 5.84. The van der Waals surface area contributed by atoms with Crippen molar-refractivity contribution in [3.8, 4) is 0 Å². The number of ether oxygens (including phenoxy) is 1. The van der Waals surface area contributed by atoms with Crippen molar-refractivity contribution in [1.82, 2.24) is 4.90 Å². The van der Waals surface area contributed by atoms with Crippen LogP contribution in [0.25, 0.3) is 0 Å². The summed E-state index contributed by atoms with van der Waals surface area (Å²) in [5.41, 5.74) is 0.393. The van der Waals surface area contributed by atoms with Gasteiger partial charge in [-0.25, -0.2) is 0 Å². The van der Waals surface area contributed by atoms with Crippen molar-refractivity contribution in [3.63, 3.8) is 0 Å². The van der Waals surface area contributed by atoms with Crippen LogP contribution in [0.15, 0.2) is 11.8 Å². The third-order valence-electron chi connectivity index (χ3n) is 3.40. The molecule has 0 aromatic rings. The van der Waals surface area contributed by atoms with E-state index in [1.165, 1.54) is 0 Å². The topological polar surface area (TPSA) is 49.8 Å². The van der Waals surface area contributed by atoms with E-state index in [4.69, 9.17) is 4.74 Å². The average Bonchev–Trinajstić information content (AvgIpc) is 2.65. The van der Waals surface area contributed by atoms with Crippen LogP contribution in [0.2, 0.25) is 0 Å². The summed E-state index contributed by atoms with van der Waals surface area (Å²) in [6.07, 6.45) is 4.48. The van der Waals surface area contributed by atoms with Crippen LogP contribution in [0.3, 0.4) is 0 Å². The number of hydrogen-bond donors (Lipinski definition) is 1. The highest BCUT2D eigenvalue weighted by molar-refractivity contribution is 5.92. The quantitative estimate of drug-likeness (QED) is 0.768. The van der Waals surface area contributed by atoms with E-state index in [-0.39, 0.29) is 5.78 Å². The fourth-order valence-corrected chi connectivity index (χ4v) is 2.33. The smallest absolute Gasteiger partial charge is 0.157 e. The summed E-state index contributed by atoms with van der Waals surface area (Å²) in [4.78, 5) is 13.2. The van der Waals surface area contributed by atoms with Crippen molar-refractivity contribution in [3.05, 3.63) is 11.8 Å². The zero-order valence-electron chi connectivity index (χ0n) is 9.74. The van der Waals surface area contributed by atoms with E-state index in [0.717, 1.165) is 12.1 Å². The van der Waals surface area contributed by atoms with Gasteiger partial charge in [0.05, 0.1) is 5.60 Å². The lowest BCUT2D eigenvalue weighted by Gasteiger charge is -2.36. The Kier molecular flexibility index (Phi) is 3.30. The van der Waals surface area contributed by atoms with Crippen LogP contribution in [0.5, 0.6) is 0 Å². The summed E-state index contributed by atoms with van der Waals surface area (Å²) in [5, 5.41) is 10.3. The predicted octanol–water partition coefficient (Wildman–Crippen LogP) is 0.706. The molecule has 1 fully saturated rings. The Morgan fingerprint density at radius 2 is 2.12 bits per heavy atom. The second-order valence-corrected chi connectivity index (χ2v) is 4.79. The summed E-state index contributed by atoms with van der Waals surface area (Å²) in [6.45, 7) is 1.85. The molecule has 0 saturated carbocycles. The number of rotatable bonds is 3. The molecule has 1 aliphatic heterocycles. The molecule has 0 amide bonds. The molecule has 0 unspecified atom stereocenters. The lowest BCUT2D eigenvalue weighted by molar-refractivity contribution is -0.114. The molecule has 1 saturated heterocycles. The second kappa shape index (κ2) is 4.55. The van der Waals surface area contributed by atoms with Gasteiger partial charge in [-0.05, 0) is 6.42 Å². The molecular weight excluding hydrogens is 206 g/mol. The maximum absolute atomic E-state index is 11.1. The van der Waals surface area contributed by atoms with Crippen LogP contribution in [0, 0.1) is 0 Å². The molecule has 0 aromatic carbocycles. The van der Waals surface area contributed by atoms with Crippen LogP contribution in [0.4, 0.5) is 0 Å². The molecule has 0 radical (unpaired) electrons. The van der Waals surface area contributed by atoms with Gasteiger partial charge in [0.1, 0.15) is 0 Å². The number of aliphatic hydroxyl groups is 1. The monoisotopic (exact) mass is 225 g/mol. The number of allylic oxidation sites excluding steroid dienone is 2. The molecule has 16 heavy (non-hydrogen) atoms. The van der Waals surface area contributed by atoms with E-state index in [2.05, 4.69) is 0 Å². The van der Waals surface area contributed by atoms with Gasteiger partial charge < -0.3 is 14.7 Å². The zero-order chi connectivity index (χ0) is 11.6. The Labute approximate surface area is 95.9 Å². The third kappa shape index (κ3) is 2.62. The number of ketones is 1. The number of nitrogens with zero attached hydrogens (tertiary/aromatic N) is 1. The van der Waals surface area contributed by atoms with E-state index in [1.54, 1.807) is 6.08 Å². The molecule has 2 rings (SSSR count). The Morgan fingerprint density at radius 1 is 1.44 bits per heavy atom. The van der Waals surface area contributed by atoms with Gasteiger partial charge in [-0.2, -0.15) is 0 Å². The summed E-state index contributed by atoms with van der Waals surface area (Å²) < 4.78 is 5.24. The minimum Gasteiger partial charge on any atom is -0.388 e. The molecule has 4 nitrogen and oxygen atoms in total. The van der Waals surface area contributed by atoms with Crippen molar-refractivity contribution in [1.29, 1.82) is 0 Å². The molecule has 90 valence electrons. The molecule has 1 N–H and O–H groups in total. The van der Waals surface area contributed by atoms with Crippen LogP contribution in [0.1, 0.15) is 25.7 Å². The number of likely N-dealkylation sites (N-methyl/N-ethyl adjacent to an activating group) is 1. The summed E-state index contributed by atoms with van der Waals surface area (Å²) in [7, 11) is 1.94. The maximum atomic E-state index is 11.1. The fourth-order valence-electron chi connectivity index (χ4n) is 2.33. The second-order valence-electron chi connectivity index (χ2n) is 4.79.